The summed E-state index contributed by atoms with van der Waals surface area (Å²) >= 11 is 0. The van der Waals surface area contributed by atoms with E-state index in [0.717, 1.165) is 33.5 Å². The van der Waals surface area contributed by atoms with Gasteiger partial charge in [0.2, 0.25) is 0 Å². The van der Waals surface area contributed by atoms with Crippen molar-refractivity contribution in [3.05, 3.63) is 54.2 Å². The first kappa shape index (κ1) is 16.0. The van der Waals surface area contributed by atoms with Crippen molar-refractivity contribution in [1.82, 2.24) is 24.5 Å². The molecule has 0 aliphatic rings. The molecule has 7 heteroatoms. The highest BCUT2D eigenvalue weighted by Crippen LogP contribution is 2.36. The normalized spacial score (nSPS) is 11.0. The van der Waals surface area contributed by atoms with E-state index in [-0.39, 0.29) is 0 Å². The molecule has 0 fully saturated rings. The van der Waals surface area contributed by atoms with Crippen molar-refractivity contribution in [1.29, 1.82) is 0 Å². The van der Waals surface area contributed by atoms with E-state index in [1.165, 1.54) is 6.33 Å². The largest absolute Gasteiger partial charge is 0.424 e. The van der Waals surface area contributed by atoms with E-state index in [9.17, 15) is 0 Å². The minimum absolute atomic E-state index is 0.330. The SMILES string of the molecule is Cc1ccnc(Oc2ccc(-c3c(C)n(C)c4ncnc(N)c34)cc2)n1. The van der Waals surface area contributed by atoms with Gasteiger partial charge in [-0.25, -0.2) is 19.9 Å². The zero-order valence-electron chi connectivity index (χ0n) is 14.8. The number of nitrogen functional groups attached to an aromatic ring is 1. The van der Waals surface area contributed by atoms with Crippen LogP contribution >= 0.6 is 0 Å². The van der Waals surface area contributed by atoms with Crippen LogP contribution in [-0.2, 0) is 7.05 Å². The lowest BCUT2D eigenvalue weighted by Gasteiger charge is -2.07. The first-order valence-corrected chi connectivity index (χ1v) is 8.18. The number of rotatable bonds is 3. The molecule has 3 aromatic heterocycles. The molecular weight excluding hydrogens is 328 g/mol. The molecule has 0 saturated carbocycles. The Labute approximate surface area is 150 Å². The first-order valence-electron chi connectivity index (χ1n) is 8.18. The molecule has 0 saturated heterocycles. The molecule has 0 radical (unpaired) electrons. The fourth-order valence-electron chi connectivity index (χ4n) is 3.01. The van der Waals surface area contributed by atoms with Crippen molar-refractivity contribution in [3.63, 3.8) is 0 Å². The Bertz CT molecular complexity index is 1100. The Morgan fingerprint density at radius 3 is 2.50 bits per heavy atom. The van der Waals surface area contributed by atoms with Crippen LogP contribution in [0.2, 0.25) is 0 Å². The number of aromatic nitrogens is 5. The van der Waals surface area contributed by atoms with Crippen molar-refractivity contribution >= 4 is 16.9 Å². The van der Waals surface area contributed by atoms with Crippen LogP contribution in [-0.4, -0.2) is 24.5 Å². The monoisotopic (exact) mass is 346 g/mol. The van der Waals surface area contributed by atoms with Crippen molar-refractivity contribution in [2.24, 2.45) is 7.05 Å². The Kier molecular flexibility index (Phi) is 3.76. The fourth-order valence-corrected chi connectivity index (χ4v) is 3.01. The smallest absolute Gasteiger partial charge is 0.322 e. The Morgan fingerprint density at radius 1 is 1.00 bits per heavy atom. The number of aryl methyl sites for hydroxylation is 2. The zero-order valence-corrected chi connectivity index (χ0v) is 14.8. The third-order valence-electron chi connectivity index (χ3n) is 4.41. The molecule has 0 bridgehead atoms. The summed E-state index contributed by atoms with van der Waals surface area (Å²) in [6, 6.07) is 9.90. The van der Waals surface area contributed by atoms with E-state index in [4.69, 9.17) is 10.5 Å². The molecule has 7 nitrogen and oxygen atoms in total. The quantitative estimate of drug-likeness (QED) is 0.611. The Balaban J connectivity index is 1.74. The molecule has 2 N–H and O–H groups in total. The molecule has 3 heterocycles. The van der Waals surface area contributed by atoms with E-state index in [2.05, 4.69) is 19.9 Å². The number of fused-ring (bicyclic) bond motifs is 1. The van der Waals surface area contributed by atoms with Gasteiger partial charge >= 0.3 is 6.01 Å². The van der Waals surface area contributed by atoms with Crippen molar-refractivity contribution in [2.45, 2.75) is 13.8 Å². The number of nitrogens with two attached hydrogens (primary N) is 1. The summed E-state index contributed by atoms with van der Waals surface area (Å²) in [4.78, 5) is 16.9. The summed E-state index contributed by atoms with van der Waals surface area (Å²) in [5.74, 6) is 1.14. The predicted molar refractivity (Wildman–Crippen MR) is 99.9 cm³/mol. The van der Waals surface area contributed by atoms with Gasteiger partial charge in [0.25, 0.3) is 0 Å². The molecule has 1 aromatic carbocycles. The fraction of sp³-hybridized carbons (Fsp3) is 0.158. The molecule has 4 aromatic rings. The summed E-state index contributed by atoms with van der Waals surface area (Å²) in [7, 11) is 1.97. The van der Waals surface area contributed by atoms with Crippen LogP contribution in [0, 0.1) is 13.8 Å². The Hall–Kier alpha value is -3.48. The van der Waals surface area contributed by atoms with Gasteiger partial charge in [0.05, 0.1) is 5.39 Å². The van der Waals surface area contributed by atoms with Crippen molar-refractivity contribution < 1.29 is 4.74 Å². The maximum atomic E-state index is 6.12. The second-order valence-electron chi connectivity index (χ2n) is 6.08. The second-order valence-corrected chi connectivity index (χ2v) is 6.08. The number of anilines is 1. The third kappa shape index (κ3) is 2.63. The summed E-state index contributed by atoms with van der Waals surface area (Å²) in [6.45, 7) is 3.94. The van der Waals surface area contributed by atoms with Gasteiger partial charge in [0, 0.05) is 30.2 Å². The molecule has 0 amide bonds. The lowest BCUT2D eigenvalue weighted by molar-refractivity contribution is 0.440. The standard InChI is InChI=1S/C19H18N6O/c1-11-8-9-21-19(24-11)26-14-6-4-13(5-7-14)15-12(2)25(3)18-16(15)17(20)22-10-23-18/h4-10H,1-3H3,(H2,20,22,23). The molecule has 130 valence electrons. The van der Waals surface area contributed by atoms with E-state index in [1.807, 2.05) is 55.8 Å². The molecule has 0 unspecified atom stereocenters. The van der Waals surface area contributed by atoms with Gasteiger partial charge in [-0.2, -0.15) is 0 Å². The van der Waals surface area contributed by atoms with E-state index < -0.39 is 0 Å². The number of hydrogen-bond donors (Lipinski definition) is 1. The lowest BCUT2D eigenvalue weighted by atomic mass is 10.0. The van der Waals surface area contributed by atoms with Crippen molar-refractivity contribution in [3.8, 4) is 22.9 Å². The molecule has 0 aliphatic carbocycles. The van der Waals surface area contributed by atoms with Crippen LogP contribution in [0.5, 0.6) is 11.8 Å². The maximum absolute atomic E-state index is 6.12. The van der Waals surface area contributed by atoms with Gasteiger partial charge in [-0.3, -0.25) is 0 Å². The highest BCUT2D eigenvalue weighted by molar-refractivity contribution is 6.02. The minimum Gasteiger partial charge on any atom is -0.424 e. The molecule has 4 rings (SSSR count). The number of benzene rings is 1. The molecule has 0 spiro atoms. The van der Waals surface area contributed by atoms with Crippen molar-refractivity contribution in [2.75, 3.05) is 5.73 Å². The van der Waals surface area contributed by atoms with Crippen LogP contribution in [0.15, 0.2) is 42.9 Å². The summed E-state index contributed by atoms with van der Waals surface area (Å²) in [6.07, 6.45) is 3.16. The van der Waals surface area contributed by atoms with E-state index in [0.29, 0.717) is 17.6 Å². The topological polar surface area (TPSA) is 91.7 Å². The van der Waals surface area contributed by atoms with Crippen LogP contribution in [0.25, 0.3) is 22.2 Å². The first-order chi connectivity index (χ1) is 12.5. The summed E-state index contributed by atoms with van der Waals surface area (Å²) in [5, 5.41) is 0.864. The molecule has 26 heavy (non-hydrogen) atoms. The van der Waals surface area contributed by atoms with Crippen LogP contribution in [0.4, 0.5) is 5.82 Å². The van der Waals surface area contributed by atoms with Gasteiger partial charge in [-0.15, -0.1) is 0 Å². The van der Waals surface area contributed by atoms with Gasteiger partial charge in [0.15, 0.2) is 0 Å². The molecule has 0 atom stereocenters. The number of hydrogen-bond acceptors (Lipinski definition) is 6. The summed E-state index contributed by atoms with van der Waals surface area (Å²) < 4.78 is 7.74. The summed E-state index contributed by atoms with van der Waals surface area (Å²) in [5.41, 5.74) is 10.9. The highest BCUT2D eigenvalue weighted by atomic mass is 16.5. The van der Waals surface area contributed by atoms with Gasteiger partial charge in [0.1, 0.15) is 23.5 Å². The average molecular weight is 346 g/mol. The van der Waals surface area contributed by atoms with E-state index >= 15 is 0 Å². The van der Waals surface area contributed by atoms with Crippen LogP contribution in [0.3, 0.4) is 0 Å². The highest BCUT2D eigenvalue weighted by Gasteiger charge is 2.17. The van der Waals surface area contributed by atoms with Gasteiger partial charge < -0.3 is 15.0 Å². The average Bonchev–Trinajstić information content (AvgIpc) is 2.89. The maximum Gasteiger partial charge on any atom is 0.322 e. The number of nitrogens with zero attached hydrogens (tertiary/aromatic N) is 5. The lowest BCUT2D eigenvalue weighted by Crippen LogP contribution is -1.95. The van der Waals surface area contributed by atoms with Crippen LogP contribution in [0.1, 0.15) is 11.4 Å². The predicted octanol–water partition coefficient (Wildman–Crippen LogP) is 3.42. The molecule has 0 aliphatic heterocycles. The second kappa shape index (κ2) is 6.11. The number of ether oxygens (including phenoxy) is 1. The van der Waals surface area contributed by atoms with Gasteiger partial charge in [-0.1, -0.05) is 12.1 Å². The Morgan fingerprint density at radius 2 is 1.77 bits per heavy atom. The van der Waals surface area contributed by atoms with Gasteiger partial charge in [-0.05, 0) is 37.6 Å². The minimum atomic E-state index is 0.330. The zero-order chi connectivity index (χ0) is 18.3. The molecular formula is C19H18N6O. The van der Waals surface area contributed by atoms with E-state index in [1.54, 1.807) is 6.20 Å². The van der Waals surface area contributed by atoms with Crippen LogP contribution < -0.4 is 10.5 Å². The third-order valence-corrected chi connectivity index (χ3v) is 4.41.